The average molecular weight is 501 g/mol. The van der Waals surface area contributed by atoms with E-state index >= 15 is 0 Å². The van der Waals surface area contributed by atoms with Gasteiger partial charge in [0, 0.05) is 13.1 Å². The van der Waals surface area contributed by atoms with Crippen molar-refractivity contribution in [3.05, 3.63) is 70.0 Å². The molecule has 34 heavy (non-hydrogen) atoms. The lowest BCUT2D eigenvalue weighted by molar-refractivity contribution is -0.255. The van der Waals surface area contributed by atoms with Crippen molar-refractivity contribution in [2.24, 2.45) is 0 Å². The van der Waals surface area contributed by atoms with Gasteiger partial charge in [-0.2, -0.15) is 0 Å². The van der Waals surface area contributed by atoms with Crippen LogP contribution in [-0.4, -0.2) is 65.1 Å². The van der Waals surface area contributed by atoms with Crippen LogP contribution in [-0.2, 0) is 21.2 Å². The predicted molar refractivity (Wildman–Crippen MR) is 126 cm³/mol. The molecule has 9 nitrogen and oxygen atoms in total. The third kappa shape index (κ3) is 5.15. The first-order valence-electron chi connectivity index (χ1n) is 10.5. The molecule has 1 atom stereocenters. The standard InChI is InChI=1S/C23H23N3O6S2/c1-25(17-9-10-34(31,32)14-17)20(27)13-33-23-24-19-11-16(22(29)30)7-8-18(19)21(28)26(23)12-15-5-3-2-4-6-15/h2-8,11,17H,9-10,12-14H2,1H3,(H,29,30)/p-1/t17-/m0/s1. The van der Waals surface area contributed by atoms with Gasteiger partial charge in [-0.15, -0.1) is 0 Å². The van der Waals surface area contributed by atoms with E-state index in [4.69, 9.17) is 0 Å². The van der Waals surface area contributed by atoms with Gasteiger partial charge in [0.15, 0.2) is 15.0 Å². The highest BCUT2D eigenvalue weighted by molar-refractivity contribution is 7.99. The molecular weight excluding hydrogens is 478 g/mol. The summed E-state index contributed by atoms with van der Waals surface area (Å²) in [7, 11) is -1.56. The molecule has 2 heterocycles. The number of hydrogen-bond acceptors (Lipinski definition) is 8. The zero-order valence-electron chi connectivity index (χ0n) is 18.3. The largest absolute Gasteiger partial charge is 0.545 e. The highest BCUT2D eigenvalue weighted by atomic mass is 32.2. The molecule has 1 aromatic heterocycles. The molecule has 0 N–H and O–H groups in total. The number of amides is 1. The summed E-state index contributed by atoms with van der Waals surface area (Å²) in [6.45, 7) is 0.220. The second-order valence-corrected chi connectivity index (χ2v) is 11.3. The number of nitrogens with zero attached hydrogens (tertiary/aromatic N) is 3. The van der Waals surface area contributed by atoms with Crippen LogP contribution in [0.4, 0.5) is 0 Å². The molecule has 0 bridgehead atoms. The Labute approximate surface area is 200 Å². The van der Waals surface area contributed by atoms with Crippen molar-refractivity contribution in [3.63, 3.8) is 0 Å². The lowest BCUT2D eigenvalue weighted by atomic mass is 10.1. The monoisotopic (exact) mass is 500 g/mol. The molecule has 1 aliphatic heterocycles. The van der Waals surface area contributed by atoms with Gasteiger partial charge in [0.1, 0.15) is 0 Å². The van der Waals surface area contributed by atoms with Crippen molar-refractivity contribution in [2.45, 2.75) is 24.2 Å². The van der Waals surface area contributed by atoms with Gasteiger partial charge in [-0.1, -0.05) is 48.2 Å². The van der Waals surface area contributed by atoms with Crippen molar-refractivity contribution in [1.82, 2.24) is 14.5 Å². The number of carboxylic acids is 1. The number of aromatic carboxylic acids is 1. The molecule has 1 saturated heterocycles. The minimum atomic E-state index is -3.14. The van der Waals surface area contributed by atoms with Crippen molar-refractivity contribution in [1.29, 1.82) is 0 Å². The van der Waals surface area contributed by atoms with E-state index in [0.717, 1.165) is 17.3 Å². The van der Waals surface area contributed by atoms with Crippen LogP contribution < -0.4 is 10.7 Å². The van der Waals surface area contributed by atoms with Crippen LogP contribution in [0.1, 0.15) is 22.3 Å². The number of carbonyl (C=O) groups is 2. The quantitative estimate of drug-likeness (QED) is 0.340. The van der Waals surface area contributed by atoms with Gasteiger partial charge in [0.25, 0.3) is 5.56 Å². The lowest BCUT2D eigenvalue weighted by Gasteiger charge is -2.23. The summed E-state index contributed by atoms with van der Waals surface area (Å²) in [6.07, 6.45) is 0.397. The molecule has 0 aliphatic carbocycles. The predicted octanol–water partition coefficient (Wildman–Crippen LogP) is 0.546. The molecule has 1 amide bonds. The molecule has 4 rings (SSSR count). The molecule has 3 aromatic rings. The van der Waals surface area contributed by atoms with Gasteiger partial charge in [0.05, 0.1) is 40.7 Å². The van der Waals surface area contributed by atoms with Crippen molar-refractivity contribution < 1.29 is 23.1 Å². The maximum absolute atomic E-state index is 13.3. The van der Waals surface area contributed by atoms with E-state index in [0.29, 0.717) is 6.42 Å². The molecule has 2 aromatic carbocycles. The summed E-state index contributed by atoms with van der Waals surface area (Å²) in [6, 6.07) is 12.9. The van der Waals surface area contributed by atoms with Crippen LogP contribution >= 0.6 is 11.8 Å². The number of hydrogen-bond donors (Lipinski definition) is 0. The average Bonchev–Trinajstić information content (AvgIpc) is 3.18. The third-order valence-corrected chi connectivity index (χ3v) is 8.53. The molecule has 0 unspecified atom stereocenters. The Morgan fingerprint density at radius 1 is 1.21 bits per heavy atom. The molecular formula is C23H22N3O6S2-. The third-order valence-electron chi connectivity index (χ3n) is 5.81. The topological polar surface area (TPSA) is 129 Å². The van der Waals surface area contributed by atoms with Gasteiger partial charge in [0.2, 0.25) is 5.91 Å². The van der Waals surface area contributed by atoms with Crippen LogP contribution in [0.15, 0.2) is 58.5 Å². The Morgan fingerprint density at radius 3 is 2.59 bits per heavy atom. The Balaban J connectivity index is 1.66. The van der Waals surface area contributed by atoms with Crippen LogP contribution in [0.25, 0.3) is 10.9 Å². The molecule has 11 heteroatoms. The summed E-state index contributed by atoms with van der Waals surface area (Å²) in [5, 5.41) is 11.8. The number of thioether (sulfide) groups is 1. The number of fused-ring (bicyclic) bond motifs is 1. The molecule has 0 spiro atoms. The normalized spacial score (nSPS) is 17.0. The van der Waals surface area contributed by atoms with E-state index in [1.54, 1.807) is 7.05 Å². The van der Waals surface area contributed by atoms with Crippen molar-refractivity contribution >= 4 is 44.4 Å². The summed E-state index contributed by atoms with van der Waals surface area (Å²) < 4.78 is 25.0. The van der Waals surface area contributed by atoms with E-state index in [1.165, 1.54) is 27.7 Å². The second kappa shape index (κ2) is 9.59. The number of rotatable bonds is 7. The van der Waals surface area contributed by atoms with Crippen LogP contribution in [0.3, 0.4) is 0 Å². The van der Waals surface area contributed by atoms with E-state index in [2.05, 4.69) is 4.98 Å². The summed E-state index contributed by atoms with van der Waals surface area (Å²) in [5.74, 6) is -1.71. The van der Waals surface area contributed by atoms with Gasteiger partial charge in [-0.25, -0.2) is 13.4 Å². The fourth-order valence-corrected chi connectivity index (χ4v) is 6.55. The van der Waals surface area contributed by atoms with Crippen molar-refractivity contribution in [2.75, 3.05) is 24.3 Å². The zero-order chi connectivity index (χ0) is 24.5. The fourth-order valence-electron chi connectivity index (χ4n) is 3.86. The van der Waals surface area contributed by atoms with E-state index in [1.807, 2.05) is 30.3 Å². The minimum Gasteiger partial charge on any atom is -0.545 e. The van der Waals surface area contributed by atoms with E-state index < -0.39 is 15.8 Å². The molecule has 1 aliphatic rings. The highest BCUT2D eigenvalue weighted by Crippen LogP contribution is 2.22. The fraction of sp³-hybridized carbons (Fsp3) is 0.304. The summed E-state index contributed by atoms with van der Waals surface area (Å²) in [5.41, 5.74) is 0.595. The van der Waals surface area contributed by atoms with Crippen LogP contribution in [0.2, 0.25) is 0 Å². The smallest absolute Gasteiger partial charge is 0.262 e. The molecule has 0 saturated carbocycles. The second-order valence-electron chi connectivity index (χ2n) is 8.14. The molecule has 0 radical (unpaired) electrons. The van der Waals surface area contributed by atoms with Gasteiger partial charge in [-0.3, -0.25) is 14.2 Å². The van der Waals surface area contributed by atoms with E-state index in [9.17, 15) is 27.9 Å². The lowest BCUT2D eigenvalue weighted by Crippen LogP contribution is -2.39. The number of carboxylic acid groups (broad SMARTS) is 1. The van der Waals surface area contributed by atoms with Crippen LogP contribution in [0, 0.1) is 0 Å². The number of sulfone groups is 1. The summed E-state index contributed by atoms with van der Waals surface area (Å²) in [4.78, 5) is 43.3. The highest BCUT2D eigenvalue weighted by Gasteiger charge is 2.32. The Bertz CT molecular complexity index is 1420. The van der Waals surface area contributed by atoms with E-state index in [-0.39, 0.29) is 62.9 Å². The Hall–Kier alpha value is -3.18. The zero-order valence-corrected chi connectivity index (χ0v) is 20.0. The minimum absolute atomic E-state index is 0.0556. The number of benzene rings is 2. The number of aromatic nitrogens is 2. The molecule has 178 valence electrons. The first kappa shape index (κ1) is 24.0. The molecule has 1 fully saturated rings. The number of carbonyl (C=O) groups excluding carboxylic acids is 2. The van der Waals surface area contributed by atoms with Gasteiger partial charge >= 0.3 is 0 Å². The summed E-state index contributed by atoms with van der Waals surface area (Å²) >= 11 is 1.05. The maximum Gasteiger partial charge on any atom is 0.262 e. The van der Waals surface area contributed by atoms with Crippen molar-refractivity contribution in [3.8, 4) is 0 Å². The first-order valence-corrected chi connectivity index (χ1v) is 13.3. The maximum atomic E-state index is 13.3. The first-order chi connectivity index (χ1) is 16.1. The van der Waals surface area contributed by atoms with Gasteiger partial charge in [-0.05, 0) is 29.7 Å². The Morgan fingerprint density at radius 2 is 1.94 bits per heavy atom. The Kier molecular flexibility index (Phi) is 6.76. The SMILES string of the molecule is CN(C(=O)CSc1nc2cc(C(=O)[O-])ccc2c(=O)n1Cc1ccccc1)[C@H]1CCS(=O)(=O)C1. The van der Waals surface area contributed by atoms with Crippen LogP contribution in [0.5, 0.6) is 0 Å². The van der Waals surface area contributed by atoms with Gasteiger partial charge < -0.3 is 14.8 Å².